The number of morpholine rings is 1. The molecule has 2 aromatic rings. The van der Waals surface area contributed by atoms with E-state index in [1.165, 1.54) is 16.4 Å². The number of ether oxygens (including phenoxy) is 1. The largest absolute Gasteiger partial charge is 0.379 e. The first-order chi connectivity index (χ1) is 14.2. The van der Waals surface area contributed by atoms with Gasteiger partial charge in [-0.2, -0.15) is 9.41 Å². The molecule has 1 aliphatic rings. The normalized spacial score (nSPS) is 15.4. The van der Waals surface area contributed by atoms with Gasteiger partial charge < -0.3 is 4.74 Å². The van der Waals surface area contributed by atoms with Gasteiger partial charge in [0.05, 0.1) is 29.2 Å². The van der Waals surface area contributed by atoms with Crippen LogP contribution in [0.2, 0.25) is 0 Å². The fourth-order valence-corrected chi connectivity index (χ4v) is 4.84. The Morgan fingerprint density at radius 2 is 1.77 bits per heavy atom. The number of aryl methyl sites for hydroxylation is 3. The zero-order chi connectivity index (χ0) is 21.9. The van der Waals surface area contributed by atoms with Gasteiger partial charge in [0.15, 0.2) is 0 Å². The Morgan fingerprint density at radius 3 is 2.37 bits per heavy atom. The number of anilines is 1. The molecule has 2 aromatic carbocycles. The molecular weight excluding hydrogens is 408 g/mol. The summed E-state index contributed by atoms with van der Waals surface area (Å²) in [7, 11) is -3.83. The van der Waals surface area contributed by atoms with Crippen LogP contribution in [0.4, 0.5) is 11.4 Å². The predicted octanol–water partition coefficient (Wildman–Crippen LogP) is 2.99. The second-order valence-corrected chi connectivity index (χ2v) is 9.07. The third-order valence-electron chi connectivity index (χ3n) is 4.89. The molecule has 160 valence electrons. The van der Waals surface area contributed by atoms with Crippen LogP contribution in [-0.4, -0.2) is 50.2 Å². The lowest BCUT2D eigenvalue weighted by Crippen LogP contribution is -2.40. The molecule has 0 saturated carbocycles. The van der Waals surface area contributed by atoms with Crippen LogP contribution in [0.3, 0.4) is 0 Å². The summed E-state index contributed by atoms with van der Waals surface area (Å²) in [6, 6.07) is 7.82. The molecule has 0 unspecified atom stereocenters. The Labute approximate surface area is 175 Å². The zero-order valence-electron chi connectivity index (χ0n) is 17.1. The molecule has 0 amide bonds. The van der Waals surface area contributed by atoms with Gasteiger partial charge in [0.2, 0.25) is 10.0 Å². The van der Waals surface area contributed by atoms with Gasteiger partial charge in [-0.1, -0.05) is 17.7 Å². The van der Waals surface area contributed by atoms with Crippen molar-refractivity contribution in [3.8, 4) is 0 Å². The van der Waals surface area contributed by atoms with E-state index in [0.29, 0.717) is 13.2 Å². The Hall–Kier alpha value is -2.82. The van der Waals surface area contributed by atoms with Crippen molar-refractivity contribution in [2.75, 3.05) is 31.7 Å². The lowest BCUT2D eigenvalue weighted by Gasteiger charge is -2.26. The van der Waals surface area contributed by atoms with Crippen molar-refractivity contribution in [1.29, 1.82) is 0 Å². The first kappa shape index (κ1) is 21.9. The van der Waals surface area contributed by atoms with Crippen molar-refractivity contribution in [3.05, 3.63) is 62.7 Å². The predicted molar refractivity (Wildman–Crippen MR) is 115 cm³/mol. The number of sulfonamides is 1. The Kier molecular flexibility index (Phi) is 6.49. The summed E-state index contributed by atoms with van der Waals surface area (Å²) < 4.78 is 32.0. The number of nitrogens with zero attached hydrogens (tertiary/aromatic N) is 3. The van der Waals surface area contributed by atoms with E-state index in [9.17, 15) is 18.5 Å². The van der Waals surface area contributed by atoms with E-state index in [0.717, 1.165) is 28.3 Å². The molecule has 0 aromatic heterocycles. The molecule has 1 aliphatic heterocycles. The quantitative estimate of drug-likeness (QED) is 0.426. The fourth-order valence-electron chi connectivity index (χ4n) is 3.41. The third-order valence-corrected chi connectivity index (χ3v) is 6.79. The van der Waals surface area contributed by atoms with Crippen molar-refractivity contribution < 1.29 is 18.1 Å². The summed E-state index contributed by atoms with van der Waals surface area (Å²) in [4.78, 5) is 10.8. The maximum absolute atomic E-state index is 12.8. The third kappa shape index (κ3) is 4.66. The van der Waals surface area contributed by atoms with Crippen LogP contribution in [0.25, 0.3) is 0 Å². The van der Waals surface area contributed by atoms with Crippen molar-refractivity contribution in [3.63, 3.8) is 0 Å². The maximum atomic E-state index is 12.8. The van der Waals surface area contributed by atoms with Crippen LogP contribution in [0.5, 0.6) is 0 Å². The highest BCUT2D eigenvalue weighted by molar-refractivity contribution is 7.89. The molecule has 0 radical (unpaired) electrons. The number of nitro groups is 1. The van der Waals surface area contributed by atoms with E-state index in [1.54, 1.807) is 6.21 Å². The first-order valence-corrected chi connectivity index (χ1v) is 10.9. The average molecular weight is 433 g/mol. The van der Waals surface area contributed by atoms with E-state index >= 15 is 0 Å². The average Bonchev–Trinajstić information content (AvgIpc) is 2.70. The molecule has 0 spiro atoms. The number of hydrazone groups is 1. The van der Waals surface area contributed by atoms with Gasteiger partial charge in [0.25, 0.3) is 5.69 Å². The highest BCUT2D eigenvalue weighted by atomic mass is 32.2. The molecule has 1 fully saturated rings. The number of nitro benzene ring substituents is 1. The van der Waals surface area contributed by atoms with Crippen LogP contribution in [0, 0.1) is 30.9 Å². The van der Waals surface area contributed by atoms with Crippen LogP contribution < -0.4 is 5.43 Å². The first-order valence-electron chi connectivity index (χ1n) is 9.43. The van der Waals surface area contributed by atoms with Crippen molar-refractivity contribution in [2.45, 2.75) is 25.7 Å². The molecular formula is C20H24N4O5S. The number of hydrogen-bond acceptors (Lipinski definition) is 7. The van der Waals surface area contributed by atoms with E-state index in [2.05, 4.69) is 10.5 Å². The molecule has 1 heterocycles. The van der Waals surface area contributed by atoms with E-state index in [-0.39, 0.29) is 29.4 Å². The Balaban J connectivity index is 1.87. The highest BCUT2D eigenvalue weighted by Gasteiger charge is 2.28. The molecule has 0 aliphatic carbocycles. The minimum Gasteiger partial charge on any atom is -0.379 e. The van der Waals surface area contributed by atoms with Crippen LogP contribution >= 0.6 is 0 Å². The van der Waals surface area contributed by atoms with Crippen molar-refractivity contribution in [1.82, 2.24) is 4.31 Å². The molecule has 3 rings (SSSR count). The van der Waals surface area contributed by atoms with Crippen molar-refractivity contribution in [2.24, 2.45) is 5.10 Å². The summed E-state index contributed by atoms with van der Waals surface area (Å²) in [5, 5.41) is 15.7. The fraction of sp³-hybridized carbons (Fsp3) is 0.350. The van der Waals surface area contributed by atoms with Gasteiger partial charge >= 0.3 is 0 Å². The topological polar surface area (TPSA) is 114 Å². The molecule has 1 N–H and O–H groups in total. The highest BCUT2D eigenvalue weighted by Crippen LogP contribution is 2.29. The smallest absolute Gasteiger partial charge is 0.295 e. The Bertz CT molecular complexity index is 1070. The van der Waals surface area contributed by atoms with Crippen molar-refractivity contribution >= 4 is 27.6 Å². The van der Waals surface area contributed by atoms with Crippen LogP contribution in [0.15, 0.2) is 40.3 Å². The van der Waals surface area contributed by atoms with Crippen LogP contribution in [-0.2, 0) is 14.8 Å². The summed E-state index contributed by atoms with van der Waals surface area (Å²) in [5.74, 6) is 0. The summed E-state index contributed by atoms with van der Waals surface area (Å²) in [5.41, 5.74) is 6.56. The second kappa shape index (κ2) is 8.90. The van der Waals surface area contributed by atoms with E-state index in [1.807, 2.05) is 32.9 Å². The number of nitrogens with one attached hydrogen (secondary N) is 1. The lowest BCUT2D eigenvalue weighted by atomic mass is 10.0. The lowest BCUT2D eigenvalue weighted by molar-refractivity contribution is -0.384. The maximum Gasteiger partial charge on any atom is 0.295 e. The van der Waals surface area contributed by atoms with Crippen LogP contribution in [0.1, 0.15) is 22.3 Å². The Morgan fingerprint density at radius 1 is 1.13 bits per heavy atom. The molecule has 0 bridgehead atoms. The van der Waals surface area contributed by atoms with Gasteiger partial charge in [-0.05, 0) is 44.0 Å². The monoisotopic (exact) mass is 432 g/mol. The van der Waals surface area contributed by atoms with E-state index < -0.39 is 14.9 Å². The van der Waals surface area contributed by atoms with Gasteiger partial charge in [0.1, 0.15) is 5.69 Å². The number of benzene rings is 2. The van der Waals surface area contributed by atoms with Gasteiger partial charge in [-0.15, -0.1) is 0 Å². The molecule has 10 heteroatoms. The minimum atomic E-state index is -3.83. The van der Waals surface area contributed by atoms with Gasteiger partial charge in [0, 0.05) is 24.7 Å². The van der Waals surface area contributed by atoms with E-state index in [4.69, 9.17) is 4.74 Å². The standard InChI is InChI=1S/C20H24N4O5S/c1-14-10-15(2)18(16(3)11-14)13-21-22-19-5-4-17(12-20(19)24(25)26)30(27,28)23-6-8-29-9-7-23/h4-5,10-13,22H,6-9H2,1-3H3. The summed E-state index contributed by atoms with van der Waals surface area (Å²) in [6.07, 6.45) is 1.60. The molecule has 0 atom stereocenters. The van der Waals surface area contributed by atoms with Gasteiger partial charge in [-0.25, -0.2) is 8.42 Å². The molecule has 9 nitrogen and oxygen atoms in total. The second-order valence-electron chi connectivity index (χ2n) is 7.13. The molecule has 1 saturated heterocycles. The SMILES string of the molecule is Cc1cc(C)c(C=NNc2ccc(S(=O)(=O)N3CCOCC3)cc2[N+](=O)[O-])c(C)c1. The zero-order valence-corrected chi connectivity index (χ0v) is 17.9. The minimum absolute atomic E-state index is 0.111. The summed E-state index contributed by atoms with van der Waals surface area (Å²) in [6.45, 7) is 6.98. The number of hydrogen-bond donors (Lipinski definition) is 1. The molecule has 30 heavy (non-hydrogen) atoms. The number of rotatable bonds is 6. The summed E-state index contributed by atoms with van der Waals surface area (Å²) >= 11 is 0. The van der Waals surface area contributed by atoms with Gasteiger partial charge in [-0.3, -0.25) is 15.5 Å².